The first kappa shape index (κ1) is 12.4. The van der Waals surface area contributed by atoms with E-state index in [1.807, 2.05) is 0 Å². The largest absolute Gasteiger partial charge is 0.418 e. The van der Waals surface area contributed by atoms with Gasteiger partial charge in [0, 0.05) is 6.07 Å². The van der Waals surface area contributed by atoms with Gasteiger partial charge in [-0.05, 0) is 17.7 Å². The number of aliphatic hydroxyl groups excluding tert-OH is 1. The Morgan fingerprint density at radius 3 is 2.31 bits per heavy atom. The van der Waals surface area contributed by atoms with Gasteiger partial charge in [0.25, 0.3) is 0 Å². The molecule has 1 atom stereocenters. The van der Waals surface area contributed by atoms with Crippen LogP contribution >= 0.6 is 0 Å². The molecule has 0 radical (unpaired) electrons. The van der Waals surface area contributed by atoms with Crippen LogP contribution in [0.5, 0.6) is 0 Å². The lowest BCUT2D eigenvalue weighted by Gasteiger charge is -2.14. The Morgan fingerprint density at radius 2 is 1.94 bits per heavy atom. The Kier molecular flexibility index (Phi) is 3.13. The molecule has 0 heterocycles. The van der Waals surface area contributed by atoms with Gasteiger partial charge < -0.3 is 5.11 Å². The van der Waals surface area contributed by atoms with Crippen LogP contribution < -0.4 is 0 Å². The lowest BCUT2D eigenvalue weighted by Crippen LogP contribution is -2.20. The van der Waals surface area contributed by atoms with Gasteiger partial charge in [0.1, 0.15) is 0 Å². The monoisotopic (exact) mass is 239 g/mol. The Hall–Kier alpha value is -1.70. The Bertz CT molecular complexity index is 418. The third-order valence-corrected chi connectivity index (χ3v) is 1.79. The zero-order valence-corrected chi connectivity index (χ0v) is 7.53. The predicted molar refractivity (Wildman–Crippen MR) is 44.1 cm³/mol. The molecule has 1 rings (SSSR count). The first-order valence-electron chi connectivity index (χ1n) is 3.92. The molecular formula is C8H5F4NO3. The fraction of sp³-hybridized carbons (Fsp3) is 0.250. The molecule has 0 aliphatic heterocycles. The second-order valence-corrected chi connectivity index (χ2v) is 2.91. The van der Waals surface area contributed by atoms with Gasteiger partial charge in [-0.1, -0.05) is 0 Å². The lowest BCUT2D eigenvalue weighted by atomic mass is 10.1. The maximum Gasteiger partial charge on any atom is 0.418 e. The quantitative estimate of drug-likeness (QED) is 0.489. The van der Waals surface area contributed by atoms with Crippen molar-refractivity contribution >= 4 is 5.69 Å². The third kappa shape index (κ3) is 2.45. The molecule has 1 aromatic carbocycles. The van der Waals surface area contributed by atoms with E-state index in [0.29, 0.717) is 12.1 Å². The Labute approximate surface area is 86.3 Å². The van der Waals surface area contributed by atoms with E-state index in [-0.39, 0.29) is 6.07 Å². The number of hydrogen-bond donors (Lipinski definition) is 1. The molecule has 1 unspecified atom stereocenters. The van der Waals surface area contributed by atoms with E-state index in [2.05, 4.69) is 0 Å². The summed E-state index contributed by atoms with van der Waals surface area (Å²) in [5.41, 5.74) is -1.73. The molecule has 1 N–H and O–H groups in total. The van der Waals surface area contributed by atoms with E-state index < -0.39 is 34.3 Å². The number of nitro benzene ring substituents is 1. The summed E-state index contributed by atoms with van der Waals surface area (Å²) in [6, 6.07) is 1.51. The van der Waals surface area contributed by atoms with Crippen molar-refractivity contribution in [3.05, 3.63) is 39.7 Å². The first-order valence-corrected chi connectivity index (χ1v) is 3.92. The van der Waals surface area contributed by atoms with Crippen LogP contribution in [-0.4, -0.2) is 16.2 Å². The van der Waals surface area contributed by atoms with Crippen molar-refractivity contribution in [3.63, 3.8) is 0 Å². The molecule has 0 amide bonds. The molecule has 0 spiro atoms. The first-order chi connectivity index (χ1) is 7.23. The lowest BCUT2D eigenvalue weighted by molar-refractivity contribution is -0.387. The summed E-state index contributed by atoms with van der Waals surface area (Å²) in [6.07, 6.45) is -7.80. The summed E-state index contributed by atoms with van der Waals surface area (Å²) in [6.45, 7) is 0. The fourth-order valence-corrected chi connectivity index (χ4v) is 1.03. The molecule has 0 bridgehead atoms. The van der Waals surface area contributed by atoms with E-state index >= 15 is 0 Å². The molecule has 0 aliphatic carbocycles. The van der Waals surface area contributed by atoms with Crippen molar-refractivity contribution < 1.29 is 27.6 Å². The van der Waals surface area contributed by atoms with Crippen LogP contribution in [0.4, 0.5) is 23.2 Å². The molecular weight excluding hydrogens is 234 g/mol. The number of halogens is 4. The van der Waals surface area contributed by atoms with Gasteiger partial charge in [-0.2, -0.15) is 17.6 Å². The summed E-state index contributed by atoms with van der Waals surface area (Å²) < 4.78 is 49.0. The highest BCUT2D eigenvalue weighted by molar-refractivity contribution is 5.36. The highest BCUT2D eigenvalue weighted by Crippen LogP contribution is 2.33. The van der Waals surface area contributed by atoms with E-state index in [9.17, 15) is 27.7 Å². The van der Waals surface area contributed by atoms with Gasteiger partial charge in [-0.3, -0.25) is 10.1 Å². The van der Waals surface area contributed by atoms with Crippen molar-refractivity contribution in [1.82, 2.24) is 0 Å². The second-order valence-electron chi connectivity index (χ2n) is 2.91. The average molecular weight is 239 g/mol. The van der Waals surface area contributed by atoms with Gasteiger partial charge in [-0.25, -0.2) is 0 Å². The maximum atomic E-state index is 12.9. The van der Waals surface area contributed by atoms with Gasteiger partial charge in [0.05, 0.1) is 4.92 Å². The minimum absolute atomic E-state index is 0.288. The third-order valence-electron chi connectivity index (χ3n) is 1.79. The number of rotatable bonds is 2. The second kappa shape index (κ2) is 4.05. The van der Waals surface area contributed by atoms with E-state index in [1.54, 1.807) is 0 Å². The predicted octanol–water partition coefficient (Wildman–Crippen LogP) is 2.33. The molecule has 0 fully saturated rings. The summed E-state index contributed by atoms with van der Waals surface area (Å²) in [5, 5.41) is 18.9. The minimum Gasteiger partial charge on any atom is -0.379 e. The van der Waals surface area contributed by atoms with Gasteiger partial charge in [-0.15, -0.1) is 0 Å². The Morgan fingerprint density at radius 1 is 1.38 bits per heavy atom. The van der Waals surface area contributed by atoms with Crippen LogP contribution in [-0.2, 0) is 0 Å². The normalized spacial score (nSPS) is 13.6. The molecule has 8 heteroatoms. The summed E-state index contributed by atoms with van der Waals surface area (Å²) in [5.74, 6) is -1.43. The van der Waals surface area contributed by atoms with Crippen LogP contribution in [0.3, 0.4) is 0 Å². The summed E-state index contributed by atoms with van der Waals surface area (Å²) >= 11 is 0. The molecule has 0 saturated carbocycles. The number of aliphatic hydroxyl groups is 1. The number of nitrogens with zero attached hydrogens (tertiary/aromatic N) is 1. The van der Waals surface area contributed by atoms with Crippen LogP contribution in [0.25, 0.3) is 0 Å². The molecule has 0 aromatic heterocycles. The van der Waals surface area contributed by atoms with Crippen LogP contribution in [0.2, 0.25) is 0 Å². The fourth-order valence-electron chi connectivity index (χ4n) is 1.03. The topological polar surface area (TPSA) is 63.4 Å². The number of benzene rings is 1. The van der Waals surface area contributed by atoms with Gasteiger partial charge in [0.2, 0.25) is 5.82 Å². The molecule has 0 saturated heterocycles. The summed E-state index contributed by atoms with van der Waals surface area (Å²) in [4.78, 5) is 9.11. The van der Waals surface area contributed by atoms with E-state index in [1.165, 1.54) is 0 Å². The smallest absolute Gasteiger partial charge is 0.379 e. The zero-order chi connectivity index (χ0) is 12.5. The van der Waals surface area contributed by atoms with E-state index in [4.69, 9.17) is 5.11 Å². The highest BCUT2D eigenvalue weighted by Gasteiger charge is 2.39. The molecule has 16 heavy (non-hydrogen) atoms. The zero-order valence-electron chi connectivity index (χ0n) is 7.53. The molecule has 1 aromatic rings. The van der Waals surface area contributed by atoms with Gasteiger partial charge >= 0.3 is 11.9 Å². The van der Waals surface area contributed by atoms with Crippen molar-refractivity contribution in [1.29, 1.82) is 0 Å². The number of nitro groups is 1. The maximum absolute atomic E-state index is 12.9. The Balaban J connectivity index is 3.11. The SMILES string of the molecule is O=[N+]([O-])c1ccc(C(O)C(F)(F)F)cc1F. The molecule has 4 nitrogen and oxygen atoms in total. The van der Waals surface area contributed by atoms with Crippen LogP contribution in [0.15, 0.2) is 18.2 Å². The minimum atomic E-state index is -4.94. The van der Waals surface area contributed by atoms with Crippen molar-refractivity contribution in [2.24, 2.45) is 0 Å². The average Bonchev–Trinajstić information content (AvgIpc) is 2.14. The van der Waals surface area contributed by atoms with Crippen molar-refractivity contribution in [2.45, 2.75) is 12.3 Å². The highest BCUT2D eigenvalue weighted by atomic mass is 19.4. The molecule has 88 valence electrons. The van der Waals surface area contributed by atoms with Gasteiger partial charge in [0.15, 0.2) is 6.10 Å². The summed E-state index contributed by atoms with van der Waals surface area (Å²) in [7, 11) is 0. The standard InChI is InChI=1S/C8H5F4NO3/c9-5-3-4(7(14)8(10,11)12)1-2-6(5)13(15)16/h1-3,7,14H. The number of alkyl halides is 3. The molecule has 0 aliphatic rings. The van der Waals surface area contributed by atoms with Crippen molar-refractivity contribution in [3.8, 4) is 0 Å². The van der Waals surface area contributed by atoms with Crippen LogP contribution in [0, 0.1) is 15.9 Å². The van der Waals surface area contributed by atoms with Crippen molar-refractivity contribution in [2.75, 3.05) is 0 Å². The number of hydrogen-bond acceptors (Lipinski definition) is 3. The van der Waals surface area contributed by atoms with Crippen LogP contribution in [0.1, 0.15) is 11.7 Å². The van der Waals surface area contributed by atoms with E-state index in [0.717, 1.165) is 0 Å².